The Balaban J connectivity index is 1.98. The van der Waals surface area contributed by atoms with Gasteiger partial charge in [-0.15, -0.1) is 11.8 Å². The zero-order valence-electron chi connectivity index (χ0n) is 9.05. The molecule has 0 bridgehead atoms. The summed E-state index contributed by atoms with van der Waals surface area (Å²) < 4.78 is 5.39. The van der Waals surface area contributed by atoms with Crippen LogP contribution in [0.4, 0.5) is 5.69 Å². The van der Waals surface area contributed by atoms with Crippen LogP contribution in [-0.2, 0) is 4.79 Å². The molecule has 1 atom stereocenters. The zero-order chi connectivity index (χ0) is 11.7. The van der Waals surface area contributed by atoms with Crippen molar-refractivity contribution in [1.82, 2.24) is 0 Å². The van der Waals surface area contributed by atoms with E-state index in [9.17, 15) is 4.79 Å². The molecule has 0 unspecified atom stereocenters. The van der Waals surface area contributed by atoms with Gasteiger partial charge >= 0.3 is 0 Å². The van der Waals surface area contributed by atoms with Gasteiger partial charge < -0.3 is 9.73 Å². The largest absolute Gasteiger partial charge is 0.468 e. The molecule has 0 radical (unpaired) electrons. The second-order valence-electron chi connectivity index (χ2n) is 3.87. The predicted molar refractivity (Wildman–Crippen MR) is 67.0 cm³/mol. The van der Waals surface area contributed by atoms with Gasteiger partial charge in [0.2, 0.25) is 5.91 Å². The fourth-order valence-corrected chi connectivity index (χ4v) is 3.07. The summed E-state index contributed by atoms with van der Waals surface area (Å²) in [5.74, 6) is 0.880. The van der Waals surface area contributed by atoms with Gasteiger partial charge in [0.05, 0.1) is 17.2 Å². The number of benzene rings is 1. The number of carbonyl (C=O) groups is 1. The SMILES string of the molecule is O=C1C[C@H](c2ccco2)Sc2ccccc2N1. The molecule has 1 amide bonds. The summed E-state index contributed by atoms with van der Waals surface area (Å²) in [7, 11) is 0. The second kappa shape index (κ2) is 4.30. The van der Waals surface area contributed by atoms with E-state index in [-0.39, 0.29) is 11.2 Å². The first-order valence-corrected chi connectivity index (χ1v) is 6.30. The summed E-state index contributed by atoms with van der Waals surface area (Å²) >= 11 is 1.66. The lowest BCUT2D eigenvalue weighted by Gasteiger charge is -2.09. The molecule has 1 aliphatic rings. The molecule has 1 aliphatic heterocycles. The minimum absolute atomic E-state index is 0.0313. The molecule has 1 N–H and O–H groups in total. The van der Waals surface area contributed by atoms with Gasteiger partial charge in [0.1, 0.15) is 5.76 Å². The summed E-state index contributed by atoms with van der Waals surface area (Å²) in [4.78, 5) is 12.9. The molecule has 2 aromatic rings. The first-order valence-electron chi connectivity index (χ1n) is 5.42. The van der Waals surface area contributed by atoms with Crippen LogP contribution < -0.4 is 5.32 Å². The summed E-state index contributed by atoms with van der Waals surface area (Å²) in [6, 6.07) is 11.6. The van der Waals surface area contributed by atoms with E-state index >= 15 is 0 Å². The third kappa shape index (κ3) is 2.08. The Morgan fingerprint density at radius 2 is 2.12 bits per heavy atom. The van der Waals surface area contributed by atoms with Gasteiger partial charge in [-0.25, -0.2) is 0 Å². The van der Waals surface area contributed by atoms with Crippen LogP contribution in [0.3, 0.4) is 0 Å². The minimum Gasteiger partial charge on any atom is -0.468 e. The lowest BCUT2D eigenvalue weighted by atomic mass is 10.2. The molecule has 2 heterocycles. The van der Waals surface area contributed by atoms with E-state index in [0.29, 0.717) is 6.42 Å². The Hall–Kier alpha value is -1.68. The number of rotatable bonds is 1. The van der Waals surface area contributed by atoms with Gasteiger partial charge in [-0.2, -0.15) is 0 Å². The van der Waals surface area contributed by atoms with Crippen LogP contribution in [0, 0.1) is 0 Å². The first kappa shape index (κ1) is 10.5. The van der Waals surface area contributed by atoms with Crippen molar-refractivity contribution in [2.45, 2.75) is 16.6 Å². The van der Waals surface area contributed by atoms with Crippen molar-refractivity contribution in [3.63, 3.8) is 0 Å². The normalized spacial score (nSPS) is 19.3. The van der Waals surface area contributed by atoms with Gasteiger partial charge in [-0.3, -0.25) is 4.79 Å². The maximum absolute atomic E-state index is 11.8. The van der Waals surface area contributed by atoms with E-state index in [1.807, 2.05) is 36.4 Å². The molecule has 0 spiro atoms. The highest BCUT2D eigenvalue weighted by molar-refractivity contribution is 7.99. The van der Waals surface area contributed by atoms with Gasteiger partial charge in [-0.05, 0) is 24.3 Å². The first-order chi connectivity index (χ1) is 8.33. The van der Waals surface area contributed by atoms with Crippen LogP contribution >= 0.6 is 11.8 Å². The maximum Gasteiger partial charge on any atom is 0.225 e. The van der Waals surface area contributed by atoms with E-state index in [2.05, 4.69) is 5.32 Å². The number of para-hydroxylation sites is 1. The molecular formula is C13H11NO2S. The van der Waals surface area contributed by atoms with Crippen LogP contribution in [0.1, 0.15) is 17.4 Å². The fraction of sp³-hybridized carbons (Fsp3) is 0.154. The Labute approximate surface area is 103 Å². The number of carbonyl (C=O) groups excluding carboxylic acids is 1. The Morgan fingerprint density at radius 3 is 2.94 bits per heavy atom. The number of hydrogen-bond acceptors (Lipinski definition) is 3. The van der Waals surface area contributed by atoms with Gasteiger partial charge in [-0.1, -0.05) is 12.1 Å². The molecule has 0 saturated carbocycles. The number of thioether (sulfide) groups is 1. The predicted octanol–water partition coefficient (Wildman–Crippen LogP) is 3.46. The number of nitrogens with one attached hydrogen (secondary N) is 1. The topological polar surface area (TPSA) is 42.2 Å². The van der Waals surface area contributed by atoms with E-state index < -0.39 is 0 Å². The molecule has 3 nitrogen and oxygen atoms in total. The third-order valence-corrected chi connectivity index (χ3v) is 3.96. The van der Waals surface area contributed by atoms with Crippen molar-refractivity contribution in [2.24, 2.45) is 0 Å². The van der Waals surface area contributed by atoms with Gasteiger partial charge in [0.25, 0.3) is 0 Å². The number of fused-ring (bicyclic) bond motifs is 1. The highest BCUT2D eigenvalue weighted by Crippen LogP contribution is 2.43. The lowest BCUT2D eigenvalue weighted by molar-refractivity contribution is -0.116. The smallest absolute Gasteiger partial charge is 0.225 e. The lowest BCUT2D eigenvalue weighted by Crippen LogP contribution is -2.11. The zero-order valence-corrected chi connectivity index (χ0v) is 9.87. The van der Waals surface area contributed by atoms with Crippen LogP contribution in [0.2, 0.25) is 0 Å². The average Bonchev–Trinajstić information content (AvgIpc) is 2.79. The molecule has 1 aromatic carbocycles. The summed E-state index contributed by atoms with van der Waals surface area (Å²) in [5, 5.41) is 2.96. The quantitative estimate of drug-likeness (QED) is 0.836. The second-order valence-corrected chi connectivity index (χ2v) is 5.11. The third-order valence-electron chi connectivity index (χ3n) is 2.66. The molecular weight excluding hydrogens is 234 g/mol. The molecule has 0 fully saturated rings. The standard InChI is InChI=1S/C13H11NO2S/c15-13-8-12(10-5-3-7-16-10)17-11-6-2-1-4-9(11)14-13/h1-7,12H,8H2,(H,14,15)/t12-/m1/s1. The Kier molecular flexibility index (Phi) is 2.65. The van der Waals surface area contributed by atoms with Gasteiger partial charge in [0.15, 0.2) is 0 Å². The van der Waals surface area contributed by atoms with Crippen molar-refractivity contribution in [3.05, 3.63) is 48.4 Å². The van der Waals surface area contributed by atoms with Crippen LogP contribution in [0.5, 0.6) is 0 Å². The maximum atomic E-state index is 11.8. The highest BCUT2D eigenvalue weighted by Gasteiger charge is 2.24. The van der Waals surface area contributed by atoms with Crippen LogP contribution in [-0.4, -0.2) is 5.91 Å². The van der Waals surface area contributed by atoms with Crippen molar-refractivity contribution in [1.29, 1.82) is 0 Å². The van der Waals surface area contributed by atoms with Crippen molar-refractivity contribution in [3.8, 4) is 0 Å². The molecule has 4 heteroatoms. The molecule has 0 aliphatic carbocycles. The fourth-order valence-electron chi connectivity index (χ4n) is 1.87. The number of furan rings is 1. The van der Waals surface area contributed by atoms with Crippen LogP contribution in [0.15, 0.2) is 52.0 Å². The van der Waals surface area contributed by atoms with Crippen molar-refractivity contribution < 1.29 is 9.21 Å². The molecule has 0 saturated heterocycles. The highest BCUT2D eigenvalue weighted by atomic mass is 32.2. The minimum atomic E-state index is 0.0313. The van der Waals surface area contributed by atoms with E-state index in [1.54, 1.807) is 18.0 Å². The molecule has 86 valence electrons. The van der Waals surface area contributed by atoms with Crippen molar-refractivity contribution in [2.75, 3.05) is 5.32 Å². The monoisotopic (exact) mass is 245 g/mol. The summed E-state index contributed by atoms with van der Waals surface area (Å²) in [6.45, 7) is 0. The summed E-state index contributed by atoms with van der Waals surface area (Å²) in [6.07, 6.45) is 2.08. The summed E-state index contributed by atoms with van der Waals surface area (Å²) in [5.41, 5.74) is 0.886. The van der Waals surface area contributed by atoms with E-state index in [0.717, 1.165) is 16.3 Å². The molecule has 1 aromatic heterocycles. The van der Waals surface area contributed by atoms with E-state index in [4.69, 9.17) is 4.42 Å². The average molecular weight is 245 g/mol. The number of anilines is 1. The van der Waals surface area contributed by atoms with Crippen molar-refractivity contribution >= 4 is 23.4 Å². The van der Waals surface area contributed by atoms with Gasteiger partial charge in [0, 0.05) is 11.3 Å². The van der Waals surface area contributed by atoms with Crippen LogP contribution in [0.25, 0.3) is 0 Å². The molecule has 3 rings (SSSR count). The Bertz CT molecular complexity index is 536. The molecule has 17 heavy (non-hydrogen) atoms. The number of hydrogen-bond donors (Lipinski definition) is 1. The van der Waals surface area contributed by atoms with E-state index in [1.165, 1.54) is 0 Å². The Morgan fingerprint density at radius 1 is 1.24 bits per heavy atom. The number of amides is 1.